The molecule has 1 aliphatic rings. The van der Waals surface area contributed by atoms with Crippen LogP contribution in [0.25, 0.3) is 5.32 Å². The first-order valence-electron chi connectivity index (χ1n) is 4.21. The summed E-state index contributed by atoms with van der Waals surface area (Å²) in [5.74, 6) is 0. The van der Waals surface area contributed by atoms with Crippen LogP contribution in [0.2, 0.25) is 0 Å². The summed E-state index contributed by atoms with van der Waals surface area (Å²) in [6, 6.07) is 0. The molecule has 0 aromatic heterocycles. The summed E-state index contributed by atoms with van der Waals surface area (Å²) in [4.78, 5) is 2.30. The summed E-state index contributed by atoms with van der Waals surface area (Å²) in [7, 11) is 2.13. The molecule has 1 rings (SSSR count). The molecule has 0 atom stereocenters. The number of likely N-dealkylation sites (N-methyl/N-ethyl adjacent to an activating group) is 1. The molecule has 0 spiro atoms. The van der Waals surface area contributed by atoms with Gasteiger partial charge >= 0.3 is 21.7 Å². The summed E-state index contributed by atoms with van der Waals surface area (Å²) in [6.07, 6.45) is 1.92. The molecule has 2 nitrogen and oxygen atoms in total. The predicted octanol–water partition coefficient (Wildman–Crippen LogP) is 1.74. The monoisotopic (exact) mass is 203 g/mol. The molecule has 69 valence electrons. The minimum Gasteiger partial charge on any atom is -0.660 e. The van der Waals surface area contributed by atoms with E-state index in [1.807, 2.05) is 0 Å². The van der Waals surface area contributed by atoms with Crippen LogP contribution in [0.3, 0.4) is 0 Å². The van der Waals surface area contributed by atoms with Gasteiger partial charge in [-0.05, 0) is 20.1 Å². The standard InChI is InChI=1S/C5H11N2.C4H8.Ti/c1-7-4-2-6-3-5-7;1-3-4-2;/h2-5H2,1H3;1-4H2;/q-1;-2;+3. The third-order valence-electron chi connectivity index (χ3n) is 1.53. The Balaban J connectivity index is 0. The van der Waals surface area contributed by atoms with E-state index < -0.39 is 0 Å². The quantitative estimate of drug-likeness (QED) is 0.468. The van der Waals surface area contributed by atoms with Crippen molar-refractivity contribution in [1.82, 2.24) is 4.90 Å². The van der Waals surface area contributed by atoms with Gasteiger partial charge in [-0.1, -0.05) is 0 Å². The van der Waals surface area contributed by atoms with Gasteiger partial charge in [-0.3, -0.25) is 0 Å². The second-order valence-electron chi connectivity index (χ2n) is 2.68. The van der Waals surface area contributed by atoms with Gasteiger partial charge in [0.1, 0.15) is 0 Å². The second kappa shape index (κ2) is 11.6. The van der Waals surface area contributed by atoms with Crippen LogP contribution in [0.15, 0.2) is 0 Å². The van der Waals surface area contributed by atoms with Crippen LogP contribution in [0.5, 0.6) is 0 Å². The Morgan fingerprint density at radius 3 is 1.75 bits per heavy atom. The van der Waals surface area contributed by atoms with E-state index >= 15 is 0 Å². The maximum Gasteiger partial charge on any atom is 3.00 e. The molecular formula is C9H19N2Ti. The number of piperazine rings is 1. The van der Waals surface area contributed by atoms with Gasteiger partial charge in [0, 0.05) is 0 Å². The third-order valence-corrected chi connectivity index (χ3v) is 1.53. The second-order valence-corrected chi connectivity index (χ2v) is 2.68. The molecule has 0 N–H and O–H groups in total. The van der Waals surface area contributed by atoms with Crippen molar-refractivity contribution >= 4 is 0 Å². The molecule has 0 aromatic carbocycles. The van der Waals surface area contributed by atoms with Gasteiger partial charge in [-0.2, -0.15) is 0 Å². The van der Waals surface area contributed by atoms with E-state index in [1.54, 1.807) is 0 Å². The van der Waals surface area contributed by atoms with Crippen molar-refractivity contribution in [2.45, 2.75) is 12.8 Å². The van der Waals surface area contributed by atoms with Crippen LogP contribution < -0.4 is 0 Å². The predicted molar refractivity (Wildman–Crippen MR) is 50.5 cm³/mol. The fourth-order valence-corrected chi connectivity index (χ4v) is 0.706. The molecule has 3 heteroatoms. The maximum atomic E-state index is 4.19. The van der Waals surface area contributed by atoms with Crippen LogP contribution in [0, 0.1) is 13.8 Å². The maximum absolute atomic E-state index is 4.19. The van der Waals surface area contributed by atoms with Gasteiger partial charge in [0.05, 0.1) is 0 Å². The minimum atomic E-state index is 0. The third kappa shape index (κ3) is 10.6. The van der Waals surface area contributed by atoms with Gasteiger partial charge in [-0.15, -0.1) is 13.1 Å². The van der Waals surface area contributed by atoms with Crippen molar-refractivity contribution in [2.75, 3.05) is 33.2 Å². The molecule has 0 unspecified atom stereocenters. The average molecular weight is 203 g/mol. The van der Waals surface area contributed by atoms with Gasteiger partial charge in [-0.25, -0.2) is 12.8 Å². The Hall–Kier alpha value is 0.634. The zero-order chi connectivity index (χ0) is 8.53. The smallest absolute Gasteiger partial charge is 0.660 e. The first-order chi connectivity index (χ1) is 5.31. The van der Waals surface area contributed by atoms with E-state index in [1.165, 1.54) is 0 Å². The Labute approximate surface area is 92.0 Å². The summed E-state index contributed by atoms with van der Waals surface area (Å²) in [5.41, 5.74) is 0. The molecule has 0 amide bonds. The summed E-state index contributed by atoms with van der Waals surface area (Å²) in [5, 5.41) is 4.19. The van der Waals surface area contributed by atoms with Gasteiger partial charge in [0.2, 0.25) is 0 Å². The van der Waals surface area contributed by atoms with E-state index in [9.17, 15) is 0 Å². The fourth-order valence-electron chi connectivity index (χ4n) is 0.706. The molecule has 1 aliphatic heterocycles. The van der Waals surface area contributed by atoms with Crippen molar-refractivity contribution in [1.29, 1.82) is 0 Å². The zero-order valence-electron chi connectivity index (χ0n) is 8.05. The topological polar surface area (TPSA) is 17.3 Å². The Morgan fingerprint density at radius 2 is 1.58 bits per heavy atom. The first kappa shape index (κ1) is 15.1. The van der Waals surface area contributed by atoms with Crippen LogP contribution in [0.1, 0.15) is 12.8 Å². The Bertz CT molecular complexity index is 70.9. The van der Waals surface area contributed by atoms with Crippen molar-refractivity contribution < 1.29 is 21.7 Å². The number of nitrogens with zero attached hydrogens (tertiary/aromatic N) is 2. The van der Waals surface area contributed by atoms with Crippen LogP contribution in [0.4, 0.5) is 0 Å². The van der Waals surface area contributed by atoms with Crippen LogP contribution in [-0.4, -0.2) is 38.1 Å². The fraction of sp³-hybridized carbons (Fsp3) is 0.778. The minimum absolute atomic E-state index is 0. The number of hydrogen-bond acceptors (Lipinski definition) is 1. The van der Waals surface area contributed by atoms with Gasteiger partial charge in [0.25, 0.3) is 0 Å². The summed E-state index contributed by atoms with van der Waals surface area (Å²) < 4.78 is 0. The van der Waals surface area contributed by atoms with E-state index in [4.69, 9.17) is 0 Å². The van der Waals surface area contributed by atoms with Gasteiger partial charge < -0.3 is 24.1 Å². The van der Waals surface area contributed by atoms with Crippen molar-refractivity contribution in [3.05, 3.63) is 19.2 Å². The van der Waals surface area contributed by atoms with Crippen LogP contribution >= 0.6 is 0 Å². The van der Waals surface area contributed by atoms with Crippen molar-refractivity contribution in [3.8, 4) is 0 Å². The number of unbranched alkanes of at least 4 members (excludes halogenated alkanes) is 1. The number of hydrogen-bond donors (Lipinski definition) is 0. The molecule has 12 heavy (non-hydrogen) atoms. The zero-order valence-corrected chi connectivity index (χ0v) is 9.61. The van der Waals surface area contributed by atoms with Crippen molar-refractivity contribution in [3.63, 3.8) is 0 Å². The average Bonchev–Trinajstić information content (AvgIpc) is 2.07. The number of rotatable bonds is 1. The normalized spacial score (nSPS) is 17.2. The van der Waals surface area contributed by atoms with E-state index in [0.717, 1.165) is 39.0 Å². The summed E-state index contributed by atoms with van der Waals surface area (Å²) >= 11 is 0. The molecule has 0 aromatic rings. The van der Waals surface area contributed by atoms with E-state index in [2.05, 4.69) is 31.1 Å². The van der Waals surface area contributed by atoms with Gasteiger partial charge in [0.15, 0.2) is 0 Å². The molecule has 0 aliphatic carbocycles. The molecular weight excluding hydrogens is 184 g/mol. The van der Waals surface area contributed by atoms with E-state index in [0.29, 0.717) is 0 Å². The Kier molecular flexibility index (Phi) is 14.7. The van der Waals surface area contributed by atoms with E-state index in [-0.39, 0.29) is 21.7 Å². The molecule has 1 fully saturated rings. The van der Waals surface area contributed by atoms with Crippen molar-refractivity contribution in [2.24, 2.45) is 0 Å². The first-order valence-corrected chi connectivity index (χ1v) is 4.21. The molecule has 1 saturated heterocycles. The largest absolute Gasteiger partial charge is 3.00 e. The Morgan fingerprint density at radius 1 is 1.17 bits per heavy atom. The SMILES string of the molecule is CN1CC[N-]CC1.[CH2-]CC[CH2-].[Ti+3]. The summed E-state index contributed by atoms with van der Waals surface area (Å²) in [6.45, 7) is 11.5. The molecule has 1 radical (unpaired) electrons. The molecule has 0 bridgehead atoms. The van der Waals surface area contributed by atoms with Crippen LogP contribution in [-0.2, 0) is 21.7 Å². The molecule has 1 heterocycles. The molecule has 0 saturated carbocycles.